The summed E-state index contributed by atoms with van der Waals surface area (Å²) < 4.78 is 0. The number of hydrogen-bond donors (Lipinski definition) is 1. The summed E-state index contributed by atoms with van der Waals surface area (Å²) in [6.45, 7) is 3.79. The van der Waals surface area contributed by atoms with E-state index in [9.17, 15) is 4.79 Å². The van der Waals surface area contributed by atoms with Crippen LogP contribution in [-0.2, 0) is 0 Å². The lowest BCUT2D eigenvalue weighted by molar-refractivity contribution is 0.0690. The summed E-state index contributed by atoms with van der Waals surface area (Å²) in [7, 11) is 1.89. The van der Waals surface area contributed by atoms with E-state index in [0.29, 0.717) is 5.13 Å². The number of benzene rings is 1. The quantitative estimate of drug-likeness (QED) is 0.922. The van der Waals surface area contributed by atoms with Crippen molar-refractivity contribution in [2.75, 3.05) is 11.9 Å². The SMILES string of the molecule is Cc1cccc(N(C)c2nc(C(=O)O)c(C)s2)c1. The van der Waals surface area contributed by atoms with Crippen molar-refractivity contribution in [2.45, 2.75) is 13.8 Å². The van der Waals surface area contributed by atoms with Crippen LogP contribution in [0.5, 0.6) is 0 Å². The van der Waals surface area contributed by atoms with Crippen molar-refractivity contribution in [3.05, 3.63) is 40.4 Å². The highest BCUT2D eigenvalue weighted by atomic mass is 32.1. The van der Waals surface area contributed by atoms with Crippen molar-refractivity contribution in [3.8, 4) is 0 Å². The number of hydrogen-bond acceptors (Lipinski definition) is 4. The average molecular weight is 262 g/mol. The topological polar surface area (TPSA) is 53.4 Å². The molecule has 0 saturated heterocycles. The Kier molecular flexibility index (Phi) is 3.34. The second kappa shape index (κ2) is 4.78. The highest BCUT2D eigenvalue weighted by Gasteiger charge is 2.17. The Balaban J connectivity index is 2.37. The maximum atomic E-state index is 11.0. The molecule has 0 amide bonds. The van der Waals surface area contributed by atoms with E-state index in [2.05, 4.69) is 4.98 Å². The van der Waals surface area contributed by atoms with E-state index in [1.807, 2.05) is 43.1 Å². The molecule has 0 fully saturated rings. The van der Waals surface area contributed by atoms with Crippen LogP contribution in [-0.4, -0.2) is 23.1 Å². The molecule has 0 aliphatic carbocycles. The number of carboxylic acids is 1. The Morgan fingerprint density at radius 3 is 2.67 bits per heavy atom. The fourth-order valence-electron chi connectivity index (χ4n) is 1.67. The van der Waals surface area contributed by atoms with E-state index in [0.717, 1.165) is 16.1 Å². The largest absolute Gasteiger partial charge is 0.476 e. The van der Waals surface area contributed by atoms with Gasteiger partial charge in [0, 0.05) is 17.6 Å². The molecular weight excluding hydrogens is 248 g/mol. The van der Waals surface area contributed by atoms with Gasteiger partial charge in [0.2, 0.25) is 0 Å². The van der Waals surface area contributed by atoms with Gasteiger partial charge in [0.15, 0.2) is 10.8 Å². The van der Waals surface area contributed by atoms with Gasteiger partial charge in [-0.05, 0) is 31.5 Å². The van der Waals surface area contributed by atoms with Gasteiger partial charge >= 0.3 is 5.97 Å². The Morgan fingerprint density at radius 1 is 1.39 bits per heavy atom. The van der Waals surface area contributed by atoms with Crippen molar-refractivity contribution in [2.24, 2.45) is 0 Å². The van der Waals surface area contributed by atoms with Gasteiger partial charge in [-0.3, -0.25) is 0 Å². The first-order chi connectivity index (χ1) is 8.49. The van der Waals surface area contributed by atoms with E-state index < -0.39 is 5.97 Å². The average Bonchev–Trinajstić information content (AvgIpc) is 2.70. The van der Waals surface area contributed by atoms with Crippen molar-refractivity contribution in [1.82, 2.24) is 4.98 Å². The second-order valence-corrected chi connectivity index (χ2v) is 5.29. The highest BCUT2D eigenvalue weighted by Crippen LogP contribution is 2.30. The second-order valence-electron chi connectivity index (χ2n) is 4.10. The molecule has 2 aromatic rings. The van der Waals surface area contributed by atoms with E-state index in [1.165, 1.54) is 11.3 Å². The van der Waals surface area contributed by atoms with Gasteiger partial charge in [-0.25, -0.2) is 9.78 Å². The molecule has 4 nitrogen and oxygen atoms in total. The van der Waals surface area contributed by atoms with Crippen molar-refractivity contribution in [3.63, 3.8) is 0 Å². The lowest BCUT2D eigenvalue weighted by Crippen LogP contribution is -2.09. The van der Waals surface area contributed by atoms with Crippen LogP contribution in [0.2, 0.25) is 0 Å². The third kappa shape index (κ3) is 2.36. The lowest BCUT2D eigenvalue weighted by atomic mass is 10.2. The molecule has 18 heavy (non-hydrogen) atoms. The number of rotatable bonds is 3. The fourth-order valence-corrected chi connectivity index (χ4v) is 2.55. The molecule has 94 valence electrons. The predicted molar refractivity (Wildman–Crippen MR) is 73.1 cm³/mol. The summed E-state index contributed by atoms with van der Waals surface area (Å²) in [5.41, 5.74) is 2.29. The molecule has 0 aliphatic heterocycles. The standard InChI is InChI=1S/C13H14N2O2S/c1-8-5-4-6-10(7-8)15(3)13-14-11(12(16)17)9(2)18-13/h4-7H,1-3H3,(H,16,17). The monoisotopic (exact) mass is 262 g/mol. The van der Waals surface area contributed by atoms with Crippen LogP contribution in [0.25, 0.3) is 0 Å². The molecule has 0 saturated carbocycles. The zero-order chi connectivity index (χ0) is 13.3. The number of aryl methyl sites for hydroxylation is 2. The first-order valence-electron chi connectivity index (χ1n) is 5.50. The van der Waals surface area contributed by atoms with E-state index in [4.69, 9.17) is 5.11 Å². The predicted octanol–water partition coefficient (Wildman–Crippen LogP) is 3.23. The van der Waals surface area contributed by atoms with Crippen LogP contribution in [0.1, 0.15) is 20.9 Å². The van der Waals surface area contributed by atoms with Crippen LogP contribution < -0.4 is 4.90 Å². The third-order valence-electron chi connectivity index (χ3n) is 2.66. The summed E-state index contributed by atoms with van der Waals surface area (Å²) in [5.74, 6) is -0.979. The maximum Gasteiger partial charge on any atom is 0.355 e. The van der Waals surface area contributed by atoms with E-state index >= 15 is 0 Å². The Labute approximate surface area is 110 Å². The minimum absolute atomic E-state index is 0.134. The van der Waals surface area contributed by atoms with Crippen LogP contribution in [0.15, 0.2) is 24.3 Å². The molecule has 0 aliphatic rings. The zero-order valence-electron chi connectivity index (χ0n) is 10.5. The number of nitrogens with zero attached hydrogens (tertiary/aromatic N) is 2. The van der Waals surface area contributed by atoms with Crippen molar-refractivity contribution < 1.29 is 9.90 Å². The highest BCUT2D eigenvalue weighted by molar-refractivity contribution is 7.15. The lowest BCUT2D eigenvalue weighted by Gasteiger charge is -2.16. The molecular formula is C13H14N2O2S. The van der Waals surface area contributed by atoms with Crippen molar-refractivity contribution in [1.29, 1.82) is 0 Å². The smallest absolute Gasteiger partial charge is 0.355 e. The molecule has 1 heterocycles. The van der Waals surface area contributed by atoms with Crippen LogP contribution in [0.4, 0.5) is 10.8 Å². The molecule has 0 spiro atoms. The third-order valence-corrected chi connectivity index (χ3v) is 3.71. The number of carbonyl (C=O) groups is 1. The minimum Gasteiger partial charge on any atom is -0.476 e. The summed E-state index contributed by atoms with van der Waals surface area (Å²) in [6.07, 6.45) is 0. The van der Waals surface area contributed by atoms with Crippen LogP contribution >= 0.6 is 11.3 Å². The molecule has 0 bridgehead atoms. The molecule has 1 aromatic heterocycles. The molecule has 0 atom stereocenters. The molecule has 5 heteroatoms. The van der Waals surface area contributed by atoms with E-state index in [1.54, 1.807) is 6.92 Å². The zero-order valence-corrected chi connectivity index (χ0v) is 11.3. The minimum atomic E-state index is -0.979. The van der Waals surface area contributed by atoms with Gasteiger partial charge in [-0.1, -0.05) is 12.1 Å². The molecule has 0 unspecified atom stereocenters. The maximum absolute atomic E-state index is 11.0. The number of aromatic nitrogens is 1. The normalized spacial score (nSPS) is 10.4. The Morgan fingerprint density at radius 2 is 2.11 bits per heavy atom. The van der Waals surface area contributed by atoms with Gasteiger partial charge in [-0.2, -0.15) is 0 Å². The number of carboxylic acid groups (broad SMARTS) is 1. The molecule has 0 radical (unpaired) electrons. The first kappa shape index (κ1) is 12.6. The summed E-state index contributed by atoms with van der Waals surface area (Å²) in [5, 5.41) is 9.69. The van der Waals surface area contributed by atoms with Crippen LogP contribution in [0, 0.1) is 13.8 Å². The summed E-state index contributed by atoms with van der Waals surface area (Å²) in [6, 6.07) is 8.01. The van der Waals surface area contributed by atoms with Gasteiger partial charge in [-0.15, -0.1) is 11.3 Å². The van der Waals surface area contributed by atoms with Gasteiger partial charge in [0.1, 0.15) is 0 Å². The number of thiazole rings is 1. The van der Waals surface area contributed by atoms with Gasteiger partial charge < -0.3 is 10.0 Å². The fraction of sp³-hybridized carbons (Fsp3) is 0.231. The summed E-state index contributed by atoms with van der Waals surface area (Å²) >= 11 is 1.39. The molecule has 1 N–H and O–H groups in total. The number of anilines is 2. The molecule has 2 rings (SSSR count). The Hall–Kier alpha value is -1.88. The van der Waals surface area contributed by atoms with E-state index in [-0.39, 0.29) is 5.69 Å². The first-order valence-corrected chi connectivity index (χ1v) is 6.32. The summed E-state index contributed by atoms with van der Waals surface area (Å²) in [4.78, 5) is 17.8. The molecule has 1 aromatic carbocycles. The van der Waals surface area contributed by atoms with Crippen LogP contribution in [0.3, 0.4) is 0 Å². The number of aromatic carboxylic acids is 1. The van der Waals surface area contributed by atoms with Crippen molar-refractivity contribution >= 4 is 28.1 Å². The van der Waals surface area contributed by atoms with Gasteiger partial charge in [0.05, 0.1) is 0 Å². The van der Waals surface area contributed by atoms with Gasteiger partial charge in [0.25, 0.3) is 0 Å². The Bertz CT molecular complexity index is 592.